The number of nitrogens with zero attached hydrogens (tertiary/aromatic N) is 2. The van der Waals surface area contributed by atoms with E-state index in [1.807, 2.05) is 4.90 Å². The molecule has 0 bridgehead atoms. The van der Waals surface area contributed by atoms with Gasteiger partial charge in [0.2, 0.25) is 0 Å². The molecule has 0 spiro atoms. The first-order chi connectivity index (χ1) is 11.1. The van der Waals surface area contributed by atoms with Crippen molar-refractivity contribution in [1.82, 2.24) is 9.80 Å². The van der Waals surface area contributed by atoms with Crippen molar-refractivity contribution in [2.24, 2.45) is 11.8 Å². The van der Waals surface area contributed by atoms with E-state index < -0.39 is 5.60 Å². The molecule has 5 heteroatoms. The molecule has 132 valence electrons. The van der Waals surface area contributed by atoms with Crippen LogP contribution in [0, 0.1) is 11.8 Å². The molecule has 3 aliphatic rings. The normalized spacial score (nSPS) is 31.8. The fraction of sp³-hybridized carbons (Fsp3) is 0.632. The number of fused-ring (bicyclic) bond motifs is 1. The van der Waals surface area contributed by atoms with Crippen LogP contribution in [0.1, 0.15) is 37.3 Å². The van der Waals surface area contributed by atoms with Crippen molar-refractivity contribution in [3.05, 3.63) is 35.9 Å². The largest absolute Gasteiger partial charge is 0.380 e. The molecular weight excluding hydrogens is 324 g/mol. The lowest BCUT2D eigenvalue weighted by molar-refractivity contribution is -0.150. The molecule has 1 aliphatic carbocycles. The van der Waals surface area contributed by atoms with Gasteiger partial charge < -0.3 is 10.0 Å². The van der Waals surface area contributed by atoms with E-state index in [-0.39, 0.29) is 18.3 Å². The summed E-state index contributed by atoms with van der Waals surface area (Å²) in [7, 11) is 2.19. The summed E-state index contributed by atoms with van der Waals surface area (Å²) in [6, 6.07) is 11.0. The van der Waals surface area contributed by atoms with Crippen LogP contribution >= 0.6 is 12.4 Å². The Morgan fingerprint density at radius 3 is 2.46 bits per heavy atom. The van der Waals surface area contributed by atoms with Gasteiger partial charge in [-0.15, -0.1) is 12.4 Å². The number of aliphatic hydroxyl groups is 1. The lowest BCUT2D eigenvalue weighted by Crippen LogP contribution is -2.47. The van der Waals surface area contributed by atoms with Gasteiger partial charge in [-0.3, -0.25) is 9.69 Å². The number of halogens is 1. The van der Waals surface area contributed by atoms with E-state index in [9.17, 15) is 9.90 Å². The van der Waals surface area contributed by atoms with Gasteiger partial charge in [0, 0.05) is 31.6 Å². The first-order valence-electron chi connectivity index (χ1n) is 8.85. The molecule has 0 aromatic heterocycles. The lowest BCUT2D eigenvalue weighted by atomic mass is 9.90. The minimum absolute atomic E-state index is 0. The molecule has 2 aliphatic heterocycles. The zero-order valence-corrected chi connectivity index (χ0v) is 15.0. The molecule has 1 amide bonds. The van der Waals surface area contributed by atoms with Crippen molar-refractivity contribution >= 4 is 18.3 Å². The summed E-state index contributed by atoms with van der Waals surface area (Å²) in [5.41, 5.74) is 0.267. The van der Waals surface area contributed by atoms with Crippen LogP contribution in [0.15, 0.2) is 30.3 Å². The monoisotopic (exact) mass is 350 g/mol. The van der Waals surface area contributed by atoms with Crippen LogP contribution in [0.5, 0.6) is 0 Å². The van der Waals surface area contributed by atoms with E-state index in [1.54, 1.807) is 0 Å². The Bertz CT molecular complexity index is 588. The van der Waals surface area contributed by atoms with Crippen molar-refractivity contribution in [2.45, 2.75) is 37.3 Å². The molecule has 1 aromatic rings. The van der Waals surface area contributed by atoms with E-state index in [4.69, 9.17) is 0 Å². The number of likely N-dealkylation sites (tertiary alicyclic amines) is 2. The van der Waals surface area contributed by atoms with E-state index in [1.165, 1.54) is 5.56 Å². The van der Waals surface area contributed by atoms with Crippen LogP contribution in [-0.4, -0.2) is 53.1 Å². The van der Waals surface area contributed by atoms with Crippen molar-refractivity contribution in [3.8, 4) is 0 Å². The van der Waals surface area contributed by atoms with E-state index in [0.717, 1.165) is 32.5 Å². The minimum atomic E-state index is -1.08. The lowest BCUT2D eigenvalue weighted by Gasteiger charge is -2.30. The number of hydrogen-bond acceptors (Lipinski definition) is 3. The zero-order valence-electron chi connectivity index (χ0n) is 14.2. The first kappa shape index (κ1) is 17.7. The second-order valence-electron chi connectivity index (χ2n) is 7.67. The van der Waals surface area contributed by atoms with E-state index in [0.29, 0.717) is 30.7 Å². The summed E-state index contributed by atoms with van der Waals surface area (Å²) in [4.78, 5) is 17.2. The number of hydrogen-bond donors (Lipinski definition) is 1. The Morgan fingerprint density at radius 1 is 1.12 bits per heavy atom. The predicted molar refractivity (Wildman–Crippen MR) is 96.0 cm³/mol. The standard InChI is InChI=1S/C19H26N2O2.ClH/c1-20-11-15-12-21(18(22)19(23)9-5-6-10-19)13-16(15)17(20)14-7-3-2-4-8-14;/h2-4,7-8,15-17,23H,5-6,9-13H2,1H3;1H/t15-,16+,17-;/m0./s1. The summed E-state index contributed by atoms with van der Waals surface area (Å²) in [6.07, 6.45) is 3.22. The van der Waals surface area contributed by atoms with Gasteiger partial charge in [0.1, 0.15) is 5.60 Å². The van der Waals surface area contributed by atoms with Crippen molar-refractivity contribution in [3.63, 3.8) is 0 Å². The Morgan fingerprint density at radius 2 is 1.79 bits per heavy atom. The van der Waals surface area contributed by atoms with Crippen LogP contribution in [0.4, 0.5) is 0 Å². The van der Waals surface area contributed by atoms with Crippen molar-refractivity contribution in [2.75, 3.05) is 26.7 Å². The molecule has 1 aromatic carbocycles. The summed E-state index contributed by atoms with van der Waals surface area (Å²) >= 11 is 0. The molecule has 4 nitrogen and oxygen atoms in total. The van der Waals surface area contributed by atoms with Crippen molar-refractivity contribution in [1.29, 1.82) is 0 Å². The third-order valence-electron chi connectivity index (χ3n) is 6.15. The van der Waals surface area contributed by atoms with Crippen LogP contribution < -0.4 is 0 Å². The zero-order chi connectivity index (χ0) is 16.0. The fourth-order valence-electron chi connectivity index (χ4n) is 5.04. The number of benzene rings is 1. The number of amides is 1. The first-order valence-corrected chi connectivity index (χ1v) is 8.85. The van der Waals surface area contributed by atoms with Gasteiger partial charge in [0.05, 0.1) is 0 Å². The minimum Gasteiger partial charge on any atom is -0.380 e. The molecule has 4 rings (SSSR count). The van der Waals surface area contributed by atoms with Gasteiger partial charge in [-0.05, 0) is 44.2 Å². The molecule has 3 fully saturated rings. The maximum Gasteiger partial charge on any atom is 0.254 e. The number of carbonyl (C=O) groups is 1. The molecule has 24 heavy (non-hydrogen) atoms. The maximum atomic E-state index is 12.8. The van der Waals surface area contributed by atoms with Crippen LogP contribution in [-0.2, 0) is 4.79 Å². The highest BCUT2D eigenvalue weighted by molar-refractivity contribution is 5.86. The Labute approximate surface area is 150 Å². The highest BCUT2D eigenvalue weighted by atomic mass is 35.5. The number of carbonyl (C=O) groups excluding carboxylic acids is 1. The summed E-state index contributed by atoms with van der Waals surface area (Å²) in [5, 5.41) is 10.6. The van der Waals surface area contributed by atoms with Gasteiger partial charge >= 0.3 is 0 Å². The third kappa shape index (κ3) is 2.85. The molecule has 3 atom stereocenters. The molecule has 2 heterocycles. The quantitative estimate of drug-likeness (QED) is 0.891. The van der Waals surface area contributed by atoms with E-state index in [2.05, 4.69) is 42.3 Å². The molecule has 0 unspecified atom stereocenters. The SMILES string of the molecule is CN1C[C@H]2CN(C(=O)C3(O)CCCC3)C[C@H]2[C@@H]1c1ccccc1.Cl. The van der Waals surface area contributed by atoms with Crippen LogP contribution in [0.3, 0.4) is 0 Å². The summed E-state index contributed by atoms with van der Waals surface area (Å²) in [6.45, 7) is 2.63. The fourth-order valence-corrected chi connectivity index (χ4v) is 5.04. The second kappa shape index (κ2) is 6.66. The highest BCUT2D eigenvalue weighted by Crippen LogP contribution is 2.45. The molecule has 1 N–H and O–H groups in total. The maximum absolute atomic E-state index is 12.8. The summed E-state index contributed by atoms with van der Waals surface area (Å²) in [5.74, 6) is 0.995. The second-order valence-corrected chi connectivity index (χ2v) is 7.67. The molecule has 0 radical (unpaired) electrons. The molecule has 1 saturated carbocycles. The van der Waals surface area contributed by atoms with Gasteiger partial charge in [-0.1, -0.05) is 30.3 Å². The van der Waals surface area contributed by atoms with Crippen LogP contribution in [0.25, 0.3) is 0 Å². The molecule has 2 saturated heterocycles. The third-order valence-corrected chi connectivity index (χ3v) is 6.15. The Balaban J connectivity index is 0.00000169. The Hall–Kier alpha value is -1.10. The topological polar surface area (TPSA) is 43.8 Å². The Kier molecular flexibility index (Phi) is 4.92. The highest BCUT2D eigenvalue weighted by Gasteiger charge is 2.50. The van der Waals surface area contributed by atoms with Gasteiger partial charge in [0.15, 0.2) is 0 Å². The van der Waals surface area contributed by atoms with Crippen molar-refractivity contribution < 1.29 is 9.90 Å². The van der Waals surface area contributed by atoms with Gasteiger partial charge in [-0.2, -0.15) is 0 Å². The van der Waals surface area contributed by atoms with E-state index >= 15 is 0 Å². The predicted octanol–water partition coefficient (Wildman–Crippen LogP) is 2.47. The average molecular weight is 351 g/mol. The van der Waals surface area contributed by atoms with Gasteiger partial charge in [0.25, 0.3) is 5.91 Å². The van der Waals surface area contributed by atoms with Gasteiger partial charge in [-0.25, -0.2) is 0 Å². The number of rotatable bonds is 2. The van der Waals surface area contributed by atoms with Crippen LogP contribution in [0.2, 0.25) is 0 Å². The summed E-state index contributed by atoms with van der Waals surface area (Å²) < 4.78 is 0. The smallest absolute Gasteiger partial charge is 0.254 e. The molecular formula is C19H27ClN2O2. The average Bonchev–Trinajstić information content (AvgIpc) is 3.22.